The summed E-state index contributed by atoms with van der Waals surface area (Å²) < 4.78 is 7.45. The number of carbonyl (C=O) groups is 2. The number of ether oxygens (including phenoxy) is 1. The zero-order valence-electron chi connectivity index (χ0n) is 22.5. The van der Waals surface area contributed by atoms with Crippen molar-refractivity contribution in [2.75, 3.05) is 30.9 Å². The molecule has 0 radical (unpaired) electrons. The van der Waals surface area contributed by atoms with Crippen molar-refractivity contribution in [2.24, 2.45) is 0 Å². The van der Waals surface area contributed by atoms with Crippen molar-refractivity contribution in [1.82, 2.24) is 29.6 Å². The fraction of sp³-hybridized carbons (Fsp3) is 0.462. The molecule has 3 aromatic rings. The van der Waals surface area contributed by atoms with Crippen LogP contribution in [-0.4, -0.2) is 68.4 Å². The summed E-state index contributed by atoms with van der Waals surface area (Å²) in [5, 5.41) is 8.26. The van der Waals surface area contributed by atoms with Crippen molar-refractivity contribution >= 4 is 23.6 Å². The van der Waals surface area contributed by atoms with Crippen LogP contribution in [0.2, 0.25) is 0 Å². The molecule has 196 valence electrons. The van der Waals surface area contributed by atoms with E-state index in [1.54, 1.807) is 30.4 Å². The van der Waals surface area contributed by atoms with E-state index in [1.165, 1.54) is 4.90 Å². The summed E-state index contributed by atoms with van der Waals surface area (Å²) in [6.45, 7) is 8.83. The summed E-state index contributed by atoms with van der Waals surface area (Å²) in [6.07, 6.45) is 2.17. The van der Waals surface area contributed by atoms with E-state index in [4.69, 9.17) is 14.7 Å². The SMILES string of the molecule is CCCn1cnnc1-c1cccc(N2Cc3c(cc(N(C)C)nc3CN(C)C(=O)OC(C)(C)C)C2=O)n1. The van der Waals surface area contributed by atoms with Crippen molar-refractivity contribution in [3.63, 3.8) is 0 Å². The fourth-order valence-corrected chi connectivity index (χ4v) is 4.08. The number of amides is 2. The van der Waals surface area contributed by atoms with E-state index in [-0.39, 0.29) is 12.5 Å². The van der Waals surface area contributed by atoms with Gasteiger partial charge in [-0.15, -0.1) is 10.2 Å². The van der Waals surface area contributed by atoms with Crippen LogP contribution in [0, 0.1) is 0 Å². The highest BCUT2D eigenvalue weighted by molar-refractivity contribution is 6.10. The summed E-state index contributed by atoms with van der Waals surface area (Å²) in [6, 6.07) is 7.32. The number of anilines is 2. The molecule has 4 rings (SSSR count). The van der Waals surface area contributed by atoms with Gasteiger partial charge in [0.25, 0.3) is 5.91 Å². The molecule has 11 heteroatoms. The Bertz CT molecular complexity index is 1310. The van der Waals surface area contributed by atoms with E-state index in [1.807, 2.05) is 56.5 Å². The highest BCUT2D eigenvalue weighted by atomic mass is 16.6. The lowest BCUT2D eigenvalue weighted by molar-refractivity contribution is 0.0282. The van der Waals surface area contributed by atoms with Crippen LogP contribution in [0.3, 0.4) is 0 Å². The van der Waals surface area contributed by atoms with Gasteiger partial charge in [0, 0.05) is 33.3 Å². The first-order valence-electron chi connectivity index (χ1n) is 12.3. The molecule has 4 heterocycles. The Balaban J connectivity index is 1.67. The predicted octanol–water partition coefficient (Wildman–Crippen LogP) is 3.74. The van der Waals surface area contributed by atoms with Crippen LogP contribution in [0.15, 0.2) is 30.6 Å². The minimum Gasteiger partial charge on any atom is -0.444 e. The van der Waals surface area contributed by atoms with Gasteiger partial charge in [-0.3, -0.25) is 9.69 Å². The van der Waals surface area contributed by atoms with Crippen molar-refractivity contribution < 1.29 is 14.3 Å². The van der Waals surface area contributed by atoms with Gasteiger partial charge >= 0.3 is 6.09 Å². The minimum atomic E-state index is -0.614. The Hall–Kier alpha value is -4.02. The molecule has 0 atom stereocenters. The van der Waals surface area contributed by atoms with Gasteiger partial charge in [-0.05, 0) is 45.4 Å². The number of aromatic nitrogens is 5. The predicted molar refractivity (Wildman–Crippen MR) is 140 cm³/mol. The zero-order valence-corrected chi connectivity index (χ0v) is 22.5. The Labute approximate surface area is 217 Å². The van der Waals surface area contributed by atoms with Crippen LogP contribution in [0.25, 0.3) is 11.5 Å². The van der Waals surface area contributed by atoms with E-state index >= 15 is 0 Å². The van der Waals surface area contributed by atoms with Crippen molar-refractivity contribution in [2.45, 2.75) is 59.4 Å². The molecule has 37 heavy (non-hydrogen) atoms. The van der Waals surface area contributed by atoms with Crippen LogP contribution in [0.5, 0.6) is 0 Å². The topological polar surface area (TPSA) is 110 Å². The van der Waals surface area contributed by atoms with E-state index in [0.717, 1.165) is 18.5 Å². The largest absolute Gasteiger partial charge is 0.444 e. The first-order chi connectivity index (χ1) is 17.5. The van der Waals surface area contributed by atoms with Crippen LogP contribution in [0.1, 0.15) is 55.7 Å². The van der Waals surface area contributed by atoms with Crippen LogP contribution in [-0.2, 0) is 24.4 Å². The Kier molecular flexibility index (Phi) is 7.15. The molecule has 0 saturated heterocycles. The number of carbonyl (C=O) groups excluding carboxylic acids is 2. The number of aryl methyl sites for hydroxylation is 1. The van der Waals surface area contributed by atoms with Gasteiger partial charge in [-0.25, -0.2) is 14.8 Å². The number of pyridine rings is 2. The molecule has 0 saturated carbocycles. The molecule has 0 N–H and O–H groups in total. The second-order valence-corrected chi connectivity index (χ2v) is 10.3. The standard InChI is InChI=1S/C26H34N8O3/c1-8-12-33-16-27-30-23(33)19-10-9-11-21(28-19)34-14-18-17(24(34)35)13-22(31(5)6)29-20(18)15-32(7)25(36)37-26(2,3)4/h9-11,13,16H,8,12,14-15H2,1-7H3. The van der Waals surface area contributed by atoms with Gasteiger partial charge in [0.2, 0.25) is 0 Å². The highest BCUT2D eigenvalue weighted by Gasteiger charge is 2.34. The molecule has 1 aliphatic heterocycles. The highest BCUT2D eigenvalue weighted by Crippen LogP contribution is 2.32. The van der Waals surface area contributed by atoms with Gasteiger partial charge in [-0.1, -0.05) is 13.0 Å². The molecule has 0 aromatic carbocycles. The molecule has 1 aliphatic rings. The second kappa shape index (κ2) is 10.2. The molecule has 0 bridgehead atoms. The smallest absolute Gasteiger partial charge is 0.410 e. The average molecular weight is 507 g/mol. The quantitative estimate of drug-likeness (QED) is 0.477. The molecular weight excluding hydrogens is 472 g/mol. The van der Waals surface area contributed by atoms with Crippen molar-refractivity contribution in [3.8, 4) is 11.5 Å². The Morgan fingerprint density at radius 3 is 2.59 bits per heavy atom. The maximum Gasteiger partial charge on any atom is 0.410 e. The normalized spacial score (nSPS) is 13.1. The van der Waals surface area contributed by atoms with Crippen LogP contribution < -0.4 is 9.80 Å². The van der Waals surface area contributed by atoms with Crippen molar-refractivity contribution in [1.29, 1.82) is 0 Å². The van der Waals surface area contributed by atoms with E-state index in [2.05, 4.69) is 17.1 Å². The van der Waals surface area contributed by atoms with Gasteiger partial charge < -0.3 is 19.1 Å². The van der Waals surface area contributed by atoms with Gasteiger partial charge in [0.05, 0.1) is 24.3 Å². The monoisotopic (exact) mass is 506 g/mol. The lowest BCUT2D eigenvalue weighted by Gasteiger charge is -2.25. The van der Waals surface area contributed by atoms with Gasteiger partial charge in [0.1, 0.15) is 29.3 Å². The Morgan fingerprint density at radius 2 is 1.92 bits per heavy atom. The molecule has 0 aliphatic carbocycles. The fourth-order valence-electron chi connectivity index (χ4n) is 4.08. The molecule has 2 amide bonds. The van der Waals surface area contributed by atoms with Crippen LogP contribution >= 0.6 is 0 Å². The van der Waals surface area contributed by atoms with Gasteiger partial charge in [-0.2, -0.15) is 0 Å². The lowest BCUT2D eigenvalue weighted by Crippen LogP contribution is -2.34. The summed E-state index contributed by atoms with van der Waals surface area (Å²) >= 11 is 0. The van der Waals surface area contributed by atoms with Crippen molar-refractivity contribution in [3.05, 3.63) is 47.4 Å². The first kappa shape index (κ1) is 26.1. The zero-order chi connectivity index (χ0) is 26.9. The third-order valence-electron chi connectivity index (χ3n) is 5.86. The molecule has 0 spiro atoms. The number of rotatable bonds is 7. The third kappa shape index (κ3) is 5.55. The number of hydrogen-bond donors (Lipinski definition) is 0. The lowest BCUT2D eigenvalue weighted by atomic mass is 10.1. The summed E-state index contributed by atoms with van der Waals surface area (Å²) in [5.74, 6) is 1.64. The number of hydrogen-bond acceptors (Lipinski definition) is 8. The first-order valence-corrected chi connectivity index (χ1v) is 12.3. The third-order valence-corrected chi connectivity index (χ3v) is 5.86. The molecular formula is C26H34N8O3. The maximum atomic E-state index is 13.6. The van der Waals surface area contributed by atoms with E-state index in [0.29, 0.717) is 41.0 Å². The molecule has 0 fully saturated rings. The average Bonchev–Trinajstić information content (AvgIpc) is 3.43. The second-order valence-electron chi connectivity index (χ2n) is 10.3. The number of nitrogens with zero attached hydrogens (tertiary/aromatic N) is 8. The molecule has 3 aromatic heterocycles. The van der Waals surface area contributed by atoms with E-state index in [9.17, 15) is 9.59 Å². The summed E-state index contributed by atoms with van der Waals surface area (Å²) in [7, 11) is 5.39. The maximum absolute atomic E-state index is 13.6. The Morgan fingerprint density at radius 1 is 1.16 bits per heavy atom. The van der Waals surface area contributed by atoms with Crippen LogP contribution in [0.4, 0.5) is 16.4 Å². The molecule has 11 nitrogen and oxygen atoms in total. The number of fused-ring (bicyclic) bond motifs is 1. The van der Waals surface area contributed by atoms with Gasteiger partial charge in [0.15, 0.2) is 5.82 Å². The van der Waals surface area contributed by atoms with E-state index < -0.39 is 11.7 Å². The minimum absolute atomic E-state index is 0.165. The summed E-state index contributed by atoms with van der Waals surface area (Å²) in [4.78, 5) is 40.7. The summed E-state index contributed by atoms with van der Waals surface area (Å²) in [5.41, 5.74) is 1.99. The molecule has 0 unspecified atom stereocenters.